The van der Waals surface area contributed by atoms with Crippen molar-refractivity contribution in [2.24, 2.45) is 5.73 Å². The molecule has 3 N–H and O–H groups in total. The van der Waals surface area contributed by atoms with Crippen LogP contribution >= 0.6 is 15.9 Å². The first-order valence-electron chi connectivity index (χ1n) is 4.05. The summed E-state index contributed by atoms with van der Waals surface area (Å²) < 4.78 is 6.18. The van der Waals surface area contributed by atoms with Crippen LogP contribution in [0.15, 0.2) is 22.7 Å². The summed E-state index contributed by atoms with van der Waals surface area (Å²) in [6, 6.07) is 5.07. The Morgan fingerprint density at radius 1 is 1.46 bits per heavy atom. The van der Waals surface area contributed by atoms with Crippen LogP contribution in [0.2, 0.25) is 0 Å². The normalized spacial score (nSPS) is 10.0. The molecule has 0 unspecified atom stereocenters. The zero-order valence-corrected chi connectivity index (χ0v) is 8.75. The first-order chi connectivity index (χ1) is 6.24. The van der Waals surface area contributed by atoms with E-state index in [0.29, 0.717) is 18.9 Å². The Hall–Kier alpha value is -0.740. The predicted octanol–water partition coefficient (Wildman–Crippen LogP) is 1.88. The molecular formula is C9H12BrNO2. The lowest BCUT2D eigenvalue weighted by atomic mass is 10.3. The van der Waals surface area contributed by atoms with Gasteiger partial charge in [0.25, 0.3) is 0 Å². The highest BCUT2D eigenvalue weighted by molar-refractivity contribution is 9.10. The molecule has 72 valence electrons. The van der Waals surface area contributed by atoms with E-state index >= 15 is 0 Å². The summed E-state index contributed by atoms with van der Waals surface area (Å²) in [5, 5.41) is 9.36. The van der Waals surface area contributed by atoms with Gasteiger partial charge in [-0.2, -0.15) is 0 Å². The van der Waals surface area contributed by atoms with Gasteiger partial charge in [0, 0.05) is 4.47 Å². The highest BCUT2D eigenvalue weighted by Gasteiger charge is 2.01. The molecule has 0 aliphatic rings. The molecule has 0 aromatic heterocycles. The molecule has 0 spiro atoms. The van der Waals surface area contributed by atoms with Gasteiger partial charge in [0.05, 0.1) is 6.61 Å². The smallest absolute Gasteiger partial charge is 0.162 e. The average Bonchev–Trinajstić information content (AvgIpc) is 2.11. The van der Waals surface area contributed by atoms with Crippen LogP contribution in [0.5, 0.6) is 11.5 Å². The molecule has 3 nitrogen and oxygen atoms in total. The number of benzene rings is 1. The Labute approximate surface area is 85.6 Å². The number of ether oxygens (including phenoxy) is 1. The van der Waals surface area contributed by atoms with Crippen molar-refractivity contribution in [3.05, 3.63) is 22.7 Å². The van der Waals surface area contributed by atoms with Crippen LogP contribution in [-0.2, 0) is 0 Å². The summed E-state index contributed by atoms with van der Waals surface area (Å²) in [5.41, 5.74) is 5.31. The van der Waals surface area contributed by atoms with Crippen LogP contribution in [0.3, 0.4) is 0 Å². The zero-order chi connectivity index (χ0) is 9.68. The first kappa shape index (κ1) is 10.3. The van der Waals surface area contributed by atoms with E-state index in [1.54, 1.807) is 18.2 Å². The molecule has 1 aromatic rings. The minimum absolute atomic E-state index is 0.153. The molecule has 4 heteroatoms. The van der Waals surface area contributed by atoms with Crippen LogP contribution in [0.1, 0.15) is 6.42 Å². The van der Waals surface area contributed by atoms with Crippen LogP contribution in [0, 0.1) is 0 Å². The molecule has 0 fully saturated rings. The Kier molecular flexibility index (Phi) is 4.05. The van der Waals surface area contributed by atoms with Gasteiger partial charge in [-0.25, -0.2) is 0 Å². The Bertz CT molecular complexity index is 278. The number of aromatic hydroxyl groups is 1. The van der Waals surface area contributed by atoms with E-state index in [9.17, 15) is 5.11 Å². The standard InChI is InChI=1S/C9H12BrNO2/c10-7-2-3-8(12)9(6-7)13-5-1-4-11/h2-3,6,12H,1,4-5,11H2. The van der Waals surface area contributed by atoms with Crippen molar-refractivity contribution >= 4 is 15.9 Å². The quantitative estimate of drug-likeness (QED) is 0.797. The molecule has 0 saturated carbocycles. The lowest BCUT2D eigenvalue weighted by Gasteiger charge is -2.07. The number of halogens is 1. The minimum atomic E-state index is 0.153. The molecule has 0 saturated heterocycles. The number of hydrogen-bond donors (Lipinski definition) is 2. The summed E-state index contributed by atoms with van der Waals surface area (Å²) in [7, 11) is 0. The van der Waals surface area contributed by atoms with Gasteiger partial charge in [-0.05, 0) is 31.2 Å². The highest BCUT2D eigenvalue weighted by atomic mass is 79.9. The van der Waals surface area contributed by atoms with Crippen molar-refractivity contribution < 1.29 is 9.84 Å². The number of phenolic OH excluding ortho intramolecular Hbond substituents is 1. The number of phenols is 1. The fraction of sp³-hybridized carbons (Fsp3) is 0.333. The topological polar surface area (TPSA) is 55.5 Å². The highest BCUT2D eigenvalue weighted by Crippen LogP contribution is 2.28. The molecule has 1 rings (SSSR count). The second kappa shape index (κ2) is 5.09. The Balaban J connectivity index is 2.59. The van der Waals surface area contributed by atoms with Crippen molar-refractivity contribution in [2.75, 3.05) is 13.2 Å². The van der Waals surface area contributed by atoms with Crippen LogP contribution in [0.4, 0.5) is 0 Å². The van der Waals surface area contributed by atoms with Crippen molar-refractivity contribution in [3.8, 4) is 11.5 Å². The Morgan fingerprint density at radius 2 is 2.23 bits per heavy atom. The second-order valence-electron chi connectivity index (χ2n) is 2.60. The van der Waals surface area contributed by atoms with E-state index in [0.717, 1.165) is 10.9 Å². The molecule has 0 radical (unpaired) electrons. The number of nitrogens with two attached hydrogens (primary N) is 1. The van der Waals surface area contributed by atoms with E-state index < -0.39 is 0 Å². The maximum atomic E-state index is 9.36. The van der Waals surface area contributed by atoms with Crippen LogP contribution < -0.4 is 10.5 Å². The molecule has 0 aliphatic heterocycles. The zero-order valence-electron chi connectivity index (χ0n) is 7.16. The molecular weight excluding hydrogens is 234 g/mol. The molecule has 0 bridgehead atoms. The molecule has 0 atom stereocenters. The van der Waals surface area contributed by atoms with E-state index in [1.165, 1.54) is 0 Å². The van der Waals surface area contributed by atoms with Crippen molar-refractivity contribution in [2.45, 2.75) is 6.42 Å². The Morgan fingerprint density at radius 3 is 2.92 bits per heavy atom. The lowest BCUT2D eigenvalue weighted by Crippen LogP contribution is -2.06. The summed E-state index contributed by atoms with van der Waals surface area (Å²) in [6.07, 6.45) is 0.784. The van der Waals surface area contributed by atoms with E-state index in [2.05, 4.69) is 15.9 Å². The summed E-state index contributed by atoms with van der Waals surface area (Å²) in [4.78, 5) is 0. The van der Waals surface area contributed by atoms with Crippen LogP contribution in [-0.4, -0.2) is 18.3 Å². The van der Waals surface area contributed by atoms with Gasteiger partial charge in [0.15, 0.2) is 11.5 Å². The van der Waals surface area contributed by atoms with Crippen molar-refractivity contribution in [3.63, 3.8) is 0 Å². The third-order valence-electron chi connectivity index (χ3n) is 1.53. The van der Waals surface area contributed by atoms with E-state index in [4.69, 9.17) is 10.5 Å². The third kappa shape index (κ3) is 3.24. The second-order valence-corrected chi connectivity index (χ2v) is 3.52. The number of hydrogen-bond acceptors (Lipinski definition) is 3. The van der Waals surface area contributed by atoms with E-state index in [-0.39, 0.29) is 5.75 Å². The third-order valence-corrected chi connectivity index (χ3v) is 2.02. The van der Waals surface area contributed by atoms with Gasteiger partial charge in [-0.1, -0.05) is 15.9 Å². The van der Waals surface area contributed by atoms with Crippen LogP contribution in [0.25, 0.3) is 0 Å². The predicted molar refractivity (Wildman–Crippen MR) is 55.0 cm³/mol. The maximum absolute atomic E-state index is 9.36. The van der Waals surface area contributed by atoms with Gasteiger partial charge < -0.3 is 15.6 Å². The molecule has 13 heavy (non-hydrogen) atoms. The molecule has 0 amide bonds. The van der Waals surface area contributed by atoms with Gasteiger partial charge in [0.1, 0.15) is 0 Å². The first-order valence-corrected chi connectivity index (χ1v) is 4.84. The molecule has 0 aliphatic carbocycles. The molecule has 1 aromatic carbocycles. The van der Waals surface area contributed by atoms with Gasteiger partial charge >= 0.3 is 0 Å². The lowest BCUT2D eigenvalue weighted by molar-refractivity contribution is 0.296. The van der Waals surface area contributed by atoms with E-state index in [1.807, 2.05) is 0 Å². The molecule has 0 heterocycles. The monoisotopic (exact) mass is 245 g/mol. The fourth-order valence-corrected chi connectivity index (χ4v) is 1.21. The summed E-state index contributed by atoms with van der Waals surface area (Å²) in [5.74, 6) is 0.642. The number of rotatable bonds is 4. The summed E-state index contributed by atoms with van der Waals surface area (Å²) >= 11 is 3.29. The van der Waals surface area contributed by atoms with Gasteiger partial charge in [-0.15, -0.1) is 0 Å². The largest absolute Gasteiger partial charge is 0.504 e. The van der Waals surface area contributed by atoms with Crippen molar-refractivity contribution in [1.29, 1.82) is 0 Å². The SMILES string of the molecule is NCCCOc1cc(Br)ccc1O. The summed E-state index contributed by atoms with van der Waals surface area (Å²) in [6.45, 7) is 1.12. The minimum Gasteiger partial charge on any atom is -0.504 e. The van der Waals surface area contributed by atoms with Gasteiger partial charge in [-0.3, -0.25) is 0 Å². The fourth-order valence-electron chi connectivity index (χ4n) is 0.869. The maximum Gasteiger partial charge on any atom is 0.162 e. The average molecular weight is 246 g/mol. The van der Waals surface area contributed by atoms with Gasteiger partial charge in [0.2, 0.25) is 0 Å². The van der Waals surface area contributed by atoms with Crippen molar-refractivity contribution in [1.82, 2.24) is 0 Å².